The molecule has 1 atom stereocenters. The maximum absolute atomic E-state index is 13.5. The van der Waals surface area contributed by atoms with Gasteiger partial charge >= 0.3 is 18.2 Å². The van der Waals surface area contributed by atoms with Gasteiger partial charge in [0.1, 0.15) is 11.9 Å². The number of fused-ring (bicyclic) bond motifs is 1. The molecule has 0 fully saturated rings. The predicted molar refractivity (Wildman–Crippen MR) is 124 cm³/mol. The topological polar surface area (TPSA) is 146 Å². The second-order valence-corrected chi connectivity index (χ2v) is 10.4. The van der Waals surface area contributed by atoms with Gasteiger partial charge in [0.05, 0.1) is 28.8 Å². The minimum atomic E-state index is -4.83. The van der Waals surface area contributed by atoms with Crippen LogP contribution in [0, 0.1) is 11.3 Å². The number of ether oxygens (including phenoxy) is 2. The molecule has 1 amide bonds. The Balaban J connectivity index is 1.98. The Kier molecular flexibility index (Phi) is 7.59. The van der Waals surface area contributed by atoms with Gasteiger partial charge in [0.25, 0.3) is 10.0 Å². The maximum Gasteiger partial charge on any atom is 0.427 e. The van der Waals surface area contributed by atoms with Crippen LogP contribution in [0.15, 0.2) is 47.4 Å². The highest BCUT2D eigenvalue weighted by atomic mass is 32.2. The number of hydrogen-bond acceptors (Lipinski definition) is 7. The molecule has 2 aromatic carbocycles. The van der Waals surface area contributed by atoms with Crippen molar-refractivity contribution in [1.29, 1.82) is 5.26 Å². The smallest absolute Gasteiger partial charge is 0.427 e. The van der Waals surface area contributed by atoms with Crippen LogP contribution in [0.25, 0.3) is 0 Å². The summed E-state index contributed by atoms with van der Waals surface area (Å²) in [6.45, 7) is 1.05. The Labute approximate surface area is 210 Å². The highest BCUT2D eigenvalue weighted by Crippen LogP contribution is 2.40. The number of nitrogens with one attached hydrogen (secondary N) is 1. The van der Waals surface area contributed by atoms with E-state index in [9.17, 15) is 31.2 Å². The first-order valence-corrected chi connectivity index (χ1v) is 12.2. The van der Waals surface area contributed by atoms with Crippen LogP contribution >= 0.6 is 0 Å². The van der Waals surface area contributed by atoms with Gasteiger partial charge in [0, 0.05) is 12.1 Å². The molecule has 1 aliphatic rings. The number of aliphatic carboxylic acids is 1. The number of carbonyl (C=O) groups is 2. The van der Waals surface area contributed by atoms with Gasteiger partial charge in [-0.1, -0.05) is 6.07 Å². The van der Waals surface area contributed by atoms with Gasteiger partial charge in [-0.15, -0.1) is 0 Å². The molecule has 10 nitrogen and oxygen atoms in total. The van der Waals surface area contributed by atoms with Crippen LogP contribution in [0.5, 0.6) is 5.75 Å². The lowest BCUT2D eigenvalue weighted by molar-refractivity contribution is -0.242. The molecule has 37 heavy (non-hydrogen) atoms. The van der Waals surface area contributed by atoms with E-state index in [1.165, 1.54) is 36.4 Å². The fraction of sp³-hybridized carbons (Fsp3) is 0.348. The predicted octanol–water partition coefficient (Wildman–Crippen LogP) is 4.27. The first-order chi connectivity index (χ1) is 17.1. The SMILES string of the molecule is CC(C)(OC(=O)Nc1ccc2c(c1)N(S(=O)(=O)c1cccc(C#N)c1)C[C@H](CCC(=O)O)O2)C(F)(F)F. The average molecular weight is 542 g/mol. The van der Waals surface area contributed by atoms with Gasteiger partial charge in [-0.25, -0.2) is 13.2 Å². The fourth-order valence-corrected chi connectivity index (χ4v) is 4.88. The fourth-order valence-electron chi connectivity index (χ4n) is 3.34. The van der Waals surface area contributed by atoms with Crippen molar-refractivity contribution in [2.75, 3.05) is 16.2 Å². The Hall–Kier alpha value is -3.99. The number of hydrogen-bond donors (Lipinski definition) is 2. The molecule has 0 unspecified atom stereocenters. The Bertz CT molecular complexity index is 1350. The van der Waals surface area contributed by atoms with Gasteiger partial charge in [0.15, 0.2) is 0 Å². The molecule has 0 radical (unpaired) electrons. The molecule has 0 saturated heterocycles. The molecule has 2 N–H and O–H groups in total. The summed E-state index contributed by atoms with van der Waals surface area (Å²) in [7, 11) is -4.31. The Morgan fingerprint density at radius 2 is 1.95 bits per heavy atom. The molecular formula is C23H22F3N3O7S. The highest BCUT2D eigenvalue weighted by molar-refractivity contribution is 7.92. The molecule has 0 aliphatic carbocycles. The summed E-state index contributed by atoms with van der Waals surface area (Å²) >= 11 is 0. The number of benzene rings is 2. The average Bonchev–Trinajstić information content (AvgIpc) is 2.81. The van der Waals surface area contributed by atoms with E-state index in [1.54, 1.807) is 0 Å². The summed E-state index contributed by atoms with van der Waals surface area (Å²) in [5.41, 5.74) is -2.84. The Morgan fingerprint density at radius 1 is 1.24 bits per heavy atom. The number of carbonyl (C=O) groups excluding carboxylic acids is 1. The number of amides is 1. The van der Waals surface area contributed by atoms with Crippen LogP contribution in [-0.2, 0) is 19.6 Å². The van der Waals surface area contributed by atoms with E-state index in [-0.39, 0.29) is 47.0 Å². The summed E-state index contributed by atoms with van der Waals surface area (Å²) in [6.07, 6.45) is -7.40. The minimum absolute atomic E-state index is 0.0160. The van der Waals surface area contributed by atoms with Gasteiger partial charge < -0.3 is 14.6 Å². The quantitative estimate of drug-likeness (QED) is 0.529. The van der Waals surface area contributed by atoms with Crippen LogP contribution in [0.3, 0.4) is 0 Å². The summed E-state index contributed by atoms with van der Waals surface area (Å²) in [6, 6.07) is 10.8. The lowest BCUT2D eigenvalue weighted by atomic mass is 10.1. The molecule has 0 saturated carbocycles. The number of sulfonamides is 1. The molecule has 0 spiro atoms. The van der Waals surface area contributed by atoms with Gasteiger partial charge in [0.2, 0.25) is 5.60 Å². The molecule has 0 bridgehead atoms. The third-order valence-electron chi connectivity index (χ3n) is 5.40. The molecule has 2 aromatic rings. The van der Waals surface area contributed by atoms with Gasteiger partial charge in [-0.3, -0.25) is 14.4 Å². The van der Waals surface area contributed by atoms with Crippen molar-refractivity contribution >= 4 is 33.5 Å². The zero-order valence-electron chi connectivity index (χ0n) is 19.6. The number of alkyl halides is 3. The van der Waals surface area contributed by atoms with E-state index in [0.29, 0.717) is 13.8 Å². The van der Waals surface area contributed by atoms with Crippen molar-refractivity contribution in [3.8, 4) is 11.8 Å². The number of anilines is 2. The standard InChI is InChI=1S/C23H22F3N3O7S/c1-22(2,23(24,25)26)36-21(32)28-15-6-8-19-18(11-15)29(13-16(35-19)7-9-20(30)31)37(33,34)17-5-3-4-14(10-17)12-27/h3-6,8,10-11,16H,7,9,13H2,1-2H3,(H,28,32)(H,30,31)/t16-/m0/s1. The van der Waals surface area contributed by atoms with Crippen molar-refractivity contribution in [2.45, 2.75) is 49.5 Å². The van der Waals surface area contributed by atoms with Crippen molar-refractivity contribution < 1.29 is 45.8 Å². The summed E-state index contributed by atoms with van der Waals surface area (Å²) in [5, 5.41) is 20.3. The number of carboxylic acid groups (broad SMARTS) is 1. The number of nitrogens with zero attached hydrogens (tertiary/aromatic N) is 2. The minimum Gasteiger partial charge on any atom is -0.486 e. The molecule has 14 heteroatoms. The number of nitriles is 1. The zero-order chi connectivity index (χ0) is 27.6. The van der Waals surface area contributed by atoms with Crippen LogP contribution in [0.2, 0.25) is 0 Å². The molecular weight excluding hydrogens is 519 g/mol. The third kappa shape index (κ3) is 6.23. The van der Waals surface area contributed by atoms with Crippen LogP contribution in [0.4, 0.5) is 29.3 Å². The van der Waals surface area contributed by atoms with Crippen molar-refractivity contribution in [2.24, 2.45) is 0 Å². The number of carboxylic acids is 1. The van der Waals surface area contributed by atoms with E-state index in [4.69, 9.17) is 15.1 Å². The normalized spacial score (nSPS) is 15.7. The lowest BCUT2D eigenvalue weighted by Crippen LogP contribution is -2.44. The molecule has 3 rings (SSSR count). The van der Waals surface area contributed by atoms with E-state index in [0.717, 1.165) is 10.4 Å². The van der Waals surface area contributed by atoms with Gasteiger partial charge in [-0.05, 0) is 56.7 Å². The van der Waals surface area contributed by atoms with E-state index < -0.39 is 40.0 Å². The lowest BCUT2D eigenvalue weighted by Gasteiger charge is -2.35. The van der Waals surface area contributed by atoms with E-state index in [1.807, 2.05) is 6.07 Å². The maximum atomic E-state index is 13.5. The summed E-state index contributed by atoms with van der Waals surface area (Å²) < 4.78 is 77.4. The van der Waals surface area contributed by atoms with Crippen LogP contribution in [0.1, 0.15) is 32.3 Å². The first-order valence-electron chi connectivity index (χ1n) is 10.8. The number of rotatable bonds is 7. The van der Waals surface area contributed by atoms with E-state index in [2.05, 4.69) is 10.1 Å². The zero-order valence-corrected chi connectivity index (χ0v) is 20.4. The Morgan fingerprint density at radius 3 is 2.57 bits per heavy atom. The highest BCUT2D eigenvalue weighted by Gasteiger charge is 2.51. The molecule has 1 aliphatic heterocycles. The second-order valence-electron chi connectivity index (χ2n) is 8.55. The van der Waals surface area contributed by atoms with Crippen LogP contribution in [-0.4, -0.2) is 50.0 Å². The van der Waals surface area contributed by atoms with Crippen molar-refractivity contribution in [1.82, 2.24) is 0 Å². The van der Waals surface area contributed by atoms with Crippen LogP contribution < -0.4 is 14.4 Å². The third-order valence-corrected chi connectivity index (χ3v) is 7.17. The summed E-state index contributed by atoms with van der Waals surface area (Å²) in [4.78, 5) is 22.9. The largest absolute Gasteiger partial charge is 0.486 e. The second kappa shape index (κ2) is 10.2. The molecule has 198 valence electrons. The monoisotopic (exact) mass is 541 g/mol. The summed E-state index contributed by atoms with van der Waals surface area (Å²) in [5.74, 6) is -1.07. The molecule has 0 aromatic heterocycles. The van der Waals surface area contributed by atoms with Gasteiger partial charge in [-0.2, -0.15) is 18.4 Å². The van der Waals surface area contributed by atoms with Crippen molar-refractivity contribution in [3.05, 3.63) is 48.0 Å². The van der Waals surface area contributed by atoms with E-state index >= 15 is 0 Å². The first kappa shape index (κ1) is 27.6. The number of halogens is 3. The van der Waals surface area contributed by atoms with Crippen molar-refractivity contribution in [3.63, 3.8) is 0 Å². The molecule has 1 heterocycles.